The minimum Gasteiger partial charge on any atom is -0.336 e. The van der Waals surface area contributed by atoms with Crippen molar-refractivity contribution in [3.63, 3.8) is 0 Å². The van der Waals surface area contributed by atoms with Gasteiger partial charge in [0.2, 0.25) is 0 Å². The molecule has 1 amide bonds. The molecule has 160 valence electrons. The van der Waals surface area contributed by atoms with E-state index in [4.69, 9.17) is 0 Å². The molecule has 0 radical (unpaired) electrons. The number of carbonyl (C=O) groups is 1. The molecule has 2 heterocycles. The molecule has 0 aliphatic heterocycles. The predicted octanol–water partition coefficient (Wildman–Crippen LogP) is 4.50. The monoisotopic (exact) mass is 419 g/mol. The Bertz CT molecular complexity index is 1070. The summed E-state index contributed by atoms with van der Waals surface area (Å²) in [5.74, 6) is 0.880. The summed E-state index contributed by atoms with van der Waals surface area (Å²) in [4.78, 5) is 34.7. The van der Waals surface area contributed by atoms with Crippen LogP contribution in [0.15, 0.2) is 55.0 Å². The van der Waals surface area contributed by atoms with Gasteiger partial charge >= 0.3 is 0 Å². The average molecular weight is 419 g/mol. The zero-order valence-electron chi connectivity index (χ0n) is 17.5. The van der Waals surface area contributed by atoms with Crippen LogP contribution in [0.2, 0.25) is 0 Å². The highest BCUT2D eigenvalue weighted by molar-refractivity contribution is 5.95. The molecule has 0 saturated heterocycles. The second kappa shape index (κ2) is 9.07. The summed E-state index contributed by atoms with van der Waals surface area (Å²) in [6, 6.07) is 10.1. The number of carbonyl (C=O) groups excluding carboxylic acids is 1. The molecule has 1 aromatic carbocycles. The molecular weight excluding hydrogens is 394 g/mol. The van der Waals surface area contributed by atoms with Crippen molar-refractivity contribution in [3.8, 4) is 5.69 Å². The Balaban J connectivity index is 1.67. The van der Waals surface area contributed by atoms with Crippen molar-refractivity contribution in [3.05, 3.63) is 82.2 Å². The van der Waals surface area contributed by atoms with Crippen LogP contribution in [0.5, 0.6) is 0 Å². The van der Waals surface area contributed by atoms with Crippen LogP contribution in [0.3, 0.4) is 0 Å². The number of pyridine rings is 1. The van der Waals surface area contributed by atoms with Crippen molar-refractivity contribution in [2.75, 3.05) is 7.05 Å². The number of benzene rings is 1. The van der Waals surface area contributed by atoms with E-state index in [1.165, 1.54) is 18.6 Å². The molecule has 1 saturated carbocycles. The summed E-state index contributed by atoms with van der Waals surface area (Å²) in [6.45, 7) is 0.352. The molecule has 8 nitrogen and oxygen atoms in total. The first-order chi connectivity index (χ1) is 15.0. The van der Waals surface area contributed by atoms with Gasteiger partial charge in [-0.25, -0.2) is 4.98 Å². The maximum Gasteiger partial charge on any atom is 0.293 e. The van der Waals surface area contributed by atoms with E-state index in [1.807, 2.05) is 18.2 Å². The molecule has 1 fully saturated rings. The zero-order valence-corrected chi connectivity index (χ0v) is 17.5. The lowest BCUT2D eigenvalue weighted by atomic mass is 9.88. The number of nitro benzene ring substituents is 1. The molecule has 2 aromatic heterocycles. The van der Waals surface area contributed by atoms with Gasteiger partial charge in [0.1, 0.15) is 11.5 Å². The molecule has 0 bridgehead atoms. The number of nitro groups is 1. The summed E-state index contributed by atoms with van der Waals surface area (Å²) in [7, 11) is 1.70. The topological polar surface area (TPSA) is 94.2 Å². The van der Waals surface area contributed by atoms with Crippen molar-refractivity contribution in [2.24, 2.45) is 0 Å². The van der Waals surface area contributed by atoms with Gasteiger partial charge in [0.15, 0.2) is 0 Å². The third-order valence-corrected chi connectivity index (χ3v) is 5.79. The Morgan fingerprint density at radius 2 is 1.97 bits per heavy atom. The fourth-order valence-electron chi connectivity index (χ4n) is 4.21. The maximum absolute atomic E-state index is 13.0. The summed E-state index contributed by atoms with van der Waals surface area (Å²) >= 11 is 0. The van der Waals surface area contributed by atoms with E-state index in [-0.39, 0.29) is 17.5 Å². The second-order valence-electron chi connectivity index (χ2n) is 7.93. The first kappa shape index (κ1) is 20.7. The molecule has 1 aliphatic rings. The van der Waals surface area contributed by atoms with Crippen molar-refractivity contribution < 1.29 is 9.72 Å². The highest BCUT2D eigenvalue weighted by Gasteiger charge is 2.25. The molecule has 0 spiro atoms. The number of amides is 1. The number of aromatic nitrogens is 3. The fourth-order valence-corrected chi connectivity index (χ4v) is 4.21. The average Bonchev–Trinajstić information content (AvgIpc) is 3.29. The molecule has 0 N–H and O–H groups in total. The normalized spacial score (nSPS) is 14.4. The molecule has 4 rings (SSSR count). The van der Waals surface area contributed by atoms with Crippen LogP contribution in [-0.4, -0.2) is 37.3 Å². The van der Waals surface area contributed by atoms with Crippen molar-refractivity contribution in [1.82, 2.24) is 19.4 Å². The lowest BCUT2D eigenvalue weighted by molar-refractivity contribution is -0.384. The highest BCUT2D eigenvalue weighted by atomic mass is 16.6. The lowest BCUT2D eigenvalue weighted by Crippen LogP contribution is -2.26. The molecule has 0 atom stereocenters. The summed E-state index contributed by atoms with van der Waals surface area (Å²) in [5.41, 5.74) is 1.50. The third-order valence-electron chi connectivity index (χ3n) is 5.79. The van der Waals surface area contributed by atoms with Gasteiger partial charge in [0.05, 0.1) is 17.2 Å². The minimum absolute atomic E-state index is 0.0426. The van der Waals surface area contributed by atoms with Crippen molar-refractivity contribution in [1.29, 1.82) is 0 Å². The number of hydrogen-bond acceptors (Lipinski definition) is 5. The smallest absolute Gasteiger partial charge is 0.293 e. The van der Waals surface area contributed by atoms with Crippen molar-refractivity contribution >= 4 is 11.6 Å². The van der Waals surface area contributed by atoms with Gasteiger partial charge in [-0.2, -0.15) is 0 Å². The van der Waals surface area contributed by atoms with Gasteiger partial charge in [-0.1, -0.05) is 25.3 Å². The highest BCUT2D eigenvalue weighted by Crippen LogP contribution is 2.34. The van der Waals surface area contributed by atoms with E-state index < -0.39 is 4.92 Å². The van der Waals surface area contributed by atoms with Crippen LogP contribution in [0.25, 0.3) is 5.69 Å². The van der Waals surface area contributed by atoms with Crippen LogP contribution >= 0.6 is 0 Å². The quantitative estimate of drug-likeness (QED) is 0.433. The summed E-state index contributed by atoms with van der Waals surface area (Å²) < 4.78 is 1.78. The predicted molar refractivity (Wildman–Crippen MR) is 116 cm³/mol. The second-order valence-corrected chi connectivity index (χ2v) is 7.93. The Morgan fingerprint density at radius 1 is 1.16 bits per heavy atom. The van der Waals surface area contributed by atoms with E-state index >= 15 is 0 Å². The largest absolute Gasteiger partial charge is 0.336 e. The van der Waals surface area contributed by atoms with E-state index in [9.17, 15) is 14.9 Å². The van der Waals surface area contributed by atoms with Gasteiger partial charge in [-0.3, -0.25) is 24.5 Å². The van der Waals surface area contributed by atoms with Gasteiger partial charge in [0, 0.05) is 43.2 Å². The van der Waals surface area contributed by atoms with Gasteiger partial charge in [-0.15, -0.1) is 0 Å². The summed E-state index contributed by atoms with van der Waals surface area (Å²) in [5, 5.41) is 11.7. The van der Waals surface area contributed by atoms with E-state index in [0.29, 0.717) is 17.8 Å². The Kier molecular flexibility index (Phi) is 6.06. The van der Waals surface area contributed by atoms with E-state index in [1.54, 1.807) is 41.2 Å². The Morgan fingerprint density at radius 3 is 2.68 bits per heavy atom. The first-order valence-electron chi connectivity index (χ1n) is 10.5. The summed E-state index contributed by atoms with van der Waals surface area (Å²) in [6.07, 6.45) is 10.6. The standard InChI is InChI=1S/C23H25N5O3/c1-26(16-19-9-5-6-12-24-19)23(29)18-10-11-20(28(30)31)21(15-18)27-14-13-25-22(27)17-7-3-2-4-8-17/h5-6,9-15,17H,2-4,7-8,16H2,1H3. The first-order valence-corrected chi connectivity index (χ1v) is 10.5. The van der Waals surface area contributed by atoms with Crippen molar-refractivity contribution in [2.45, 2.75) is 44.6 Å². The fraction of sp³-hybridized carbons (Fsp3) is 0.348. The molecular formula is C23H25N5O3. The molecule has 8 heteroatoms. The maximum atomic E-state index is 13.0. The number of hydrogen-bond donors (Lipinski definition) is 0. The van der Waals surface area contributed by atoms with Crippen LogP contribution in [-0.2, 0) is 6.54 Å². The van der Waals surface area contributed by atoms with Crippen LogP contribution in [0.4, 0.5) is 5.69 Å². The Hall–Kier alpha value is -3.55. The lowest BCUT2D eigenvalue weighted by Gasteiger charge is -2.22. The molecule has 1 aliphatic carbocycles. The third kappa shape index (κ3) is 4.47. The molecule has 3 aromatic rings. The van der Waals surface area contributed by atoms with Gasteiger partial charge in [0.25, 0.3) is 11.6 Å². The minimum atomic E-state index is -0.411. The van der Waals surface area contributed by atoms with Crippen LogP contribution < -0.4 is 0 Å². The zero-order chi connectivity index (χ0) is 21.8. The Labute approximate surface area is 180 Å². The molecule has 31 heavy (non-hydrogen) atoms. The molecule has 0 unspecified atom stereocenters. The van der Waals surface area contributed by atoms with Crippen LogP contribution in [0, 0.1) is 10.1 Å². The van der Waals surface area contributed by atoms with Gasteiger partial charge in [-0.05, 0) is 37.1 Å². The number of imidazole rings is 1. The van der Waals surface area contributed by atoms with Crippen LogP contribution in [0.1, 0.15) is 59.9 Å². The van der Waals surface area contributed by atoms with E-state index in [2.05, 4.69) is 9.97 Å². The van der Waals surface area contributed by atoms with Gasteiger partial charge < -0.3 is 4.90 Å². The SMILES string of the molecule is CN(Cc1ccccn1)C(=O)c1ccc([N+](=O)[O-])c(-n2ccnc2C2CCCCC2)c1. The number of rotatable bonds is 6. The van der Waals surface area contributed by atoms with E-state index in [0.717, 1.165) is 37.2 Å². The number of nitrogens with zero attached hydrogens (tertiary/aromatic N) is 5.